The fourth-order valence-corrected chi connectivity index (χ4v) is 4.76. The first-order valence-electron chi connectivity index (χ1n) is 6.99. The van der Waals surface area contributed by atoms with Crippen molar-refractivity contribution in [3.8, 4) is 0 Å². The number of aliphatic hydroxyl groups is 1. The molecule has 1 fully saturated rings. The third-order valence-electron chi connectivity index (χ3n) is 5.55. The summed E-state index contributed by atoms with van der Waals surface area (Å²) in [5.41, 5.74) is 1.85. The van der Waals surface area contributed by atoms with Crippen molar-refractivity contribution in [3.05, 3.63) is 11.1 Å². The Morgan fingerprint density at radius 1 is 1.28 bits per heavy atom. The van der Waals surface area contributed by atoms with Crippen LogP contribution in [0.5, 0.6) is 0 Å². The maximum Gasteiger partial charge on any atom is 0.337 e. The number of rotatable bonds is 0. The van der Waals surface area contributed by atoms with Crippen molar-refractivity contribution in [2.75, 3.05) is 0 Å². The van der Waals surface area contributed by atoms with Crippen LogP contribution >= 0.6 is 0 Å². The average Bonchev–Trinajstić information content (AvgIpc) is 2.54. The summed E-state index contributed by atoms with van der Waals surface area (Å²) < 4.78 is 5.03. The molecule has 1 aliphatic heterocycles. The van der Waals surface area contributed by atoms with Crippen LogP contribution < -0.4 is 0 Å². The van der Waals surface area contributed by atoms with Gasteiger partial charge in [-0.25, -0.2) is 4.79 Å². The molecule has 3 aliphatic rings. The van der Waals surface area contributed by atoms with E-state index >= 15 is 0 Å². The van der Waals surface area contributed by atoms with E-state index in [1.807, 2.05) is 0 Å². The number of cyclic esters (lactones) is 1. The van der Waals surface area contributed by atoms with Crippen molar-refractivity contribution < 1.29 is 14.6 Å². The van der Waals surface area contributed by atoms with E-state index in [2.05, 4.69) is 20.8 Å². The van der Waals surface area contributed by atoms with E-state index in [4.69, 9.17) is 4.74 Å². The molecule has 3 heteroatoms. The molecule has 0 spiro atoms. The molecule has 0 unspecified atom stereocenters. The molecule has 0 radical (unpaired) electrons. The number of fused-ring (bicyclic) bond motifs is 2. The summed E-state index contributed by atoms with van der Waals surface area (Å²) in [4.78, 5) is 12.0. The van der Waals surface area contributed by atoms with Crippen molar-refractivity contribution in [2.24, 2.45) is 16.7 Å². The number of carbonyl (C=O) groups excluding carboxylic acids is 1. The van der Waals surface area contributed by atoms with E-state index in [1.54, 1.807) is 0 Å². The SMILES string of the molecule is CC1(C)CCC[C@]2(C)C3=C(CC[C@@H]12)[C@@H](O)OC3=O. The maximum atomic E-state index is 12.0. The van der Waals surface area contributed by atoms with E-state index < -0.39 is 6.29 Å². The van der Waals surface area contributed by atoms with Crippen molar-refractivity contribution in [2.45, 2.75) is 59.2 Å². The Morgan fingerprint density at radius 2 is 2.00 bits per heavy atom. The lowest BCUT2D eigenvalue weighted by Gasteiger charge is -2.53. The topological polar surface area (TPSA) is 46.5 Å². The van der Waals surface area contributed by atoms with Crippen molar-refractivity contribution >= 4 is 5.97 Å². The van der Waals surface area contributed by atoms with Gasteiger partial charge in [-0.2, -0.15) is 0 Å². The standard InChI is InChI=1S/C15H22O3/c1-14(2)7-4-8-15(3)10(14)6-5-9-11(15)13(17)18-12(9)16/h10,12,16H,4-8H2,1-3H3/t10-,12-,15-/m0/s1. The molecule has 0 amide bonds. The largest absolute Gasteiger partial charge is 0.428 e. The second-order valence-corrected chi connectivity index (χ2v) is 7.01. The van der Waals surface area contributed by atoms with Crippen molar-refractivity contribution in [1.82, 2.24) is 0 Å². The van der Waals surface area contributed by atoms with Crippen LogP contribution in [0.2, 0.25) is 0 Å². The Kier molecular flexibility index (Phi) is 2.44. The van der Waals surface area contributed by atoms with Crippen LogP contribution in [-0.4, -0.2) is 17.4 Å². The van der Waals surface area contributed by atoms with Crippen LogP contribution in [0.3, 0.4) is 0 Å². The molecule has 1 N–H and O–H groups in total. The zero-order valence-electron chi connectivity index (χ0n) is 11.5. The molecule has 0 aromatic carbocycles. The lowest BCUT2D eigenvalue weighted by Crippen LogP contribution is -2.46. The normalized spacial score (nSPS) is 42.3. The summed E-state index contributed by atoms with van der Waals surface area (Å²) >= 11 is 0. The highest BCUT2D eigenvalue weighted by Gasteiger charge is 2.55. The summed E-state index contributed by atoms with van der Waals surface area (Å²) in [6.07, 6.45) is 4.33. The van der Waals surface area contributed by atoms with Crippen molar-refractivity contribution in [1.29, 1.82) is 0 Å². The quantitative estimate of drug-likeness (QED) is 0.672. The van der Waals surface area contributed by atoms with Gasteiger partial charge in [-0.3, -0.25) is 0 Å². The van der Waals surface area contributed by atoms with E-state index in [0.29, 0.717) is 5.92 Å². The minimum atomic E-state index is -0.977. The average molecular weight is 250 g/mol. The Hall–Kier alpha value is -0.830. The molecule has 2 aliphatic carbocycles. The Balaban J connectivity index is 2.10. The number of hydrogen-bond donors (Lipinski definition) is 1. The van der Waals surface area contributed by atoms with Gasteiger partial charge in [-0.15, -0.1) is 0 Å². The number of hydrogen-bond acceptors (Lipinski definition) is 3. The van der Waals surface area contributed by atoms with E-state index in [-0.39, 0.29) is 16.8 Å². The molecule has 0 aromatic rings. The molecule has 0 aromatic heterocycles. The highest BCUT2D eigenvalue weighted by atomic mass is 16.6. The zero-order valence-corrected chi connectivity index (χ0v) is 11.5. The molecule has 0 bridgehead atoms. The van der Waals surface area contributed by atoms with Crippen LogP contribution in [-0.2, 0) is 9.53 Å². The highest BCUT2D eigenvalue weighted by molar-refractivity contribution is 5.94. The third kappa shape index (κ3) is 1.43. The Morgan fingerprint density at radius 3 is 2.72 bits per heavy atom. The van der Waals surface area contributed by atoms with E-state index in [0.717, 1.165) is 36.8 Å². The predicted molar refractivity (Wildman–Crippen MR) is 67.6 cm³/mol. The minimum absolute atomic E-state index is 0.0934. The molecule has 18 heavy (non-hydrogen) atoms. The van der Waals surface area contributed by atoms with Gasteiger partial charge in [0.1, 0.15) is 0 Å². The van der Waals surface area contributed by atoms with Gasteiger partial charge >= 0.3 is 5.97 Å². The van der Waals surface area contributed by atoms with Crippen LogP contribution in [0.4, 0.5) is 0 Å². The summed E-state index contributed by atoms with van der Waals surface area (Å²) in [6, 6.07) is 0. The number of carbonyl (C=O) groups is 1. The van der Waals surface area contributed by atoms with Gasteiger partial charge in [0.25, 0.3) is 0 Å². The lowest BCUT2D eigenvalue weighted by molar-refractivity contribution is -0.153. The van der Waals surface area contributed by atoms with E-state index in [9.17, 15) is 9.90 Å². The molecule has 1 heterocycles. The molecular weight excluding hydrogens is 228 g/mol. The molecule has 1 saturated carbocycles. The number of ether oxygens (including phenoxy) is 1. The first-order chi connectivity index (χ1) is 8.36. The van der Waals surface area contributed by atoms with Gasteiger partial charge in [0.15, 0.2) is 0 Å². The third-order valence-corrected chi connectivity index (χ3v) is 5.55. The van der Waals surface area contributed by atoms with Crippen LogP contribution in [0, 0.1) is 16.7 Å². The molecule has 100 valence electrons. The molecular formula is C15H22O3. The van der Waals surface area contributed by atoms with Gasteiger partial charge in [0.05, 0.1) is 0 Å². The molecule has 0 saturated heterocycles. The number of esters is 1. The minimum Gasteiger partial charge on any atom is -0.428 e. The first-order valence-corrected chi connectivity index (χ1v) is 6.99. The highest BCUT2D eigenvalue weighted by Crippen LogP contribution is 2.61. The van der Waals surface area contributed by atoms with Gasteiger partial charge < -0.3 is 9.84 Å². The zero-order chi connectivity index (χ0) is 13.1. The Bertz CT molecular complexity index is 435. The van der Waals surface area contributed by atoms with E-state index in [1.165, 1.54) is 6.42 Å². The smallest absolute Gasteiger partial charge is 0.337 e. The molecule has 3 nitrogen and oxygen atoms in total. The van der Waals surface area contributed by atoms with Gasteiger partial charge in [0, 0.05) is 16.6 Å². The fraction of sp³-hybridized carbons (Fsp3) is 0.800. The second-order valence-electron chi connectivity index (χ2n) is 7.01. The summed E-state index contributed by atoms with van der Waals surface area (Å²) in [7, 11) is 0. The number of aliphatic hydroxyl groups excluding tert-OH is 1. The predicted octanol–water partition coefficient (Wildman–Crippen LogP) is 2.78. The fourth-order valence-electron chi connectivity index (χ4n) is 4.76. The summed E-state index contributed by atoms with van der Waals surface area (Å²) in [5.74, 6) is 0.248. The molecule has 3 rings (SSSR count). The van der Waals surface area contributed by atoms with Gasteiger partial charge in [0.2, 0.25) is 6.29 Å². The van der Waals surface area contributed by atoms with Gasteiger partial charge in [-0.1, -0.05) is 27.2 Å². The lowest BCUT2D eigenvalue weighted by atomic mass is 9.50. The second kappa shape index (κ2) is 3.60. The first kappa shape index (κ1) is 12.2. The maximum absolute atomic E-state index is 12.0. The van der Waals surface area contributed by atoms with Crippen LogP contribution in [0.25, 0.3) is 0 Å². The van der Waals surface area contributed by atoms with Crippen LogP contribution in [0.15, 0.2) is 11.1 Å². The summed E-state index contributed by atoms with van der Waals surface area (Å²) in [5, 5.41) is 9.83. The Labute approximate surface area is 108 Å². The van der Waals surface area contributed by atoms with Gasteiger partial charge in [-0.05, 0) is 37.0 Å². The monoisotopic (exact) mass is 250 g/mol. The van der Waals surface area contributed by atoms with Crippen molar-refractivity contribution in [3.63, 3.8) is 0 Å². The molecule has 3 atom stereocenters. The summed E-state index contributed by atoms with van der Waals surface area (Å²) in [6.45, 7) is 6.83. The van der Waals surface area contributed by atoms with Crippen LogP contribution in [0.1, 0.15) is 52.9 Å².